The molecular formula is C42H59F6N3O7S. The zero-order chi connectivity index (χ0) is 44.8. The van der Waals surface area contributed by atoms with Crippen LogP contribution in [-0.4, -0.2) is 80.2 Å². The lowest BCUT2D eigenvalue weighted by Gasteiger charge is -2.40. The average Bonchev–Trinajstić information content (AvgIpc) is 3.88. The van der Waals surface area contributed by atoms with Gasteiger partial charge in [-0.1, -0.05) is 84.4 Å². The number of thiophene rings is 1. The molecule has 2 aliphatic rings. The van der Waals surface area contributed by atoms with Gasteiger partial charge in [-0.25, -0.2) is 0 Å². The van der Waals surface area contributed by atoms with Gasteiger partial charge in [0.15, 0.2) is 0 Å². The van der Waals surface area contributed by atoms with Crippen molar-refractivity contribution < 1.29 is 61.2 Å². The second kappa shape index (κ2) is 26.0. The van der Waals surface area contributed by atoms with Gasteiger partial charge in [-0.3, -0.25) is 19.4 Å². The molecule has 2 amide bonds. The second-order valence-corrected chi connectivity index (χ2v) is 15.1. The fourth-order valence-corrected chi connectivity index (χ4v) is 7.24. The summed E-state index contributed by atoms with van der Waals surface area (Å²) >= 11 is 0.481. The quantitative estimate of drug-likeness (QED) is 0.116. The van der Waals surface area contributed by atoms with E-state index in [2.05, 4.69) is 11.9 Å². The van der Waals surface area contributed by atoms with Crippen molar-refractivity contribution in [1.82, 2.24) is 14.8 Å². The number of amides is 2. The molecule has 1 unspecified atom stereocenters. The molecule has 1 saturated heterocycles. The number of hydrogen-bond donors (Lipinski definition) is 4. The smallest absolute Gasteiger partial charge is 0.425 e. The van der Waals surface area contributed by atoms with E-state index in [9.17, 15) is 46.1 Å². The number of carboxylic acid groups (broad SMARTS) is 1. The molecule has 1 atom stereocenters. The first-order chi connectivity index (χ1) is 27.8. The minimum Gasteiger partial charge on any atom is -0.508 e. The summed E-state index contributed by atoms with van der Waals surface area (Å²) in [5, 5.41) is 37.7. The Kier molecular flexibility index (Phi) is 23.2. The van der Waals surface area contributed by atoms with Crippen LogP contribution in [0.2, 0.25) is 0 Å². The molecule has 59 heavy (non-hydrogen) atoms. The number of likely N-dealkylation sites (tertiary alicyclic amines) is 1. The summed E-state index contributed by atoms with van der Waals surface area (Å²) in [7, 11) is 1.44. The van der Waals surface area contributed by atoms with Crippen molar-refractivity contribution in [3.63, 3.8) is 0 Å². The number of rotatable bonds is 10. The standard InChI is InChI=1S/C28H36F3N3O4.C6H12.C5H3F3OS.C2H6.CH2O2/c1-3-4-9-20(10-8-17-33(2)26(37)24-22(28(29,30)31)12-7-16-32-24)25(36)34-18-14-27(38,15-19-34)21-11-5-6-13-23(21)35;1-6-4-2-3-5-6;6-5(7,8)4-1-3(9)2-10-4;1-2;2-1-3/h5-7,11-13,16,20,35,38H,3-4,8-10,14-15,17-19H2,1-2H3;6H,2-5H2,1H3;1-2,9H;1-2H3;1H,(H,2,3). The fraction of sp³-hybridized carbons (Fsp3) is 0.571. The summed E-state index contributed by atoms with van der Waals surface area (Å²) in [5.74, 6) is -0.371. The summed E-state index contributed by atoms with van der Waals surface area (Å²) < 4.78 is 75.0. The zero-order valence-electron chi connectivity index (χ0n) is 34.4. The van der Waals surface area contributed by atoms with E-state index < -0.39 is 40.0 Å². The number of benzene rings is 1. The van der Waals surface area contributed by atoms with Crippen LogP contribution in [0.4, 0.5) is 26.3 Å². The highest BCUT2D eigenvalue weighted by Gasteiger charge is 2.39. The van der Waals surface area contributed by atoms with Crippen molar-refractivity contribution in [3.8, 4) is 11.5 Å². The van der Waals surface area contributed by atoms with Gasteiger partial charge in [0.2, 0.25) is 5.91 Å². The highest BCUT2D eigenvalue weighted by Crippen LogP contribution is 2.39. The van der Waals surface area contributed by atoms with Gasteiger partial charge < -0.3 is 30.2 Å². The SMILES string of the molecule is CC.CC1CCCC1.CCCCC(CCCN(C)C(=O)c1ncccc1C(F)(F)F)C(=O)N1CCC(O)(c2ccccc2O)CC1.O=CO.Oc1csc(C(F)(F)F)c1. The van der Waals surface area contributed by atoms with E-state index in [1.807, 2.05) is 20.8 Å². The van der Waals surface area contributed by atoms with E-state index in [-0.39, 0.29) is 36.3 Å². The van der Waals surface area contributed by atoms with E-state index in [0.717, 1.165) is 42.5 Å². The topological polar surface area (TPSA) is 152 Å². The Hall–Kier alpha value is -4.38. The Morgan fingerprint density at radius 2 is 1.56 bits per heavy atom. The van der Waals surface area contributed by atoms with Crippen molar-refractivity contribution >= 4 is 29.6 Å². The highest BCUT2D eigenvalue weighted by molar-refractivity contribution is 7.10. The lowest BCUT2D eigenvalue weighted by Crippen LogP contribution is -2.47. The maximum Gasteiger partial charge on any atom is 0.425 e. The number of nitrogens with zero attached hydrogens (tertiary/aromatic N) is 3. The molecule has 1 aromatic carbocycles. The number of aliphatic hydroxyl groups is 1. The number of aromatic nitrogens is 1. The Morgan fingerprint density at radius 3 is 2.02 bits per heavy atom. The molecule has 17 heteroatoms. The molecule has 10 nitrogen and oxygen atoms in total. The third kappa shape index (κ3) is 17.8. The van der Waals surface area contributed by atoms with Crippen LogP contribution in [0, 0.1) is 11.8 Å². The van der Waals surface area contributed by atoms with Crippen LogP contribution < -0.4 is 0 Å². The molecule has 3 heterocycles. The van der Waals surface area contributed by atoms with Crippen molar-refractivity contribution in [1.29, 1.82) is 0 Å². The minimum atomic E-state index is -4.68. The number of aromatic hydroxyl groups is 2. The molecule has 1 aliphatic carbocycles. The Morgan fingerprint density at radius 1 is 0.983 bits per heavy atom. The number of para-hydroxylation sites is 1. The number of carbonyl (C=O) groups is 3. The fourth-order valence-electron chi connectivity index (χ4n) is 6.60. The molecule has 2 fully saturated rings. The largest absolute Gasteiger partial charge is 0.508 e. The van der Waals surface area contributed by atoms with Crippen molar-refractivity contribution in [2.24, 2.45) is 11.8 Å². The van der Waals surface area contributed by atoms with Gasteiger partial charge in [0.05, 0.1) is 11.2 Å². The van der Waals surface area contributed by atoms with Crippen molar-refractivity contribution in [2.45, 2.75) is 116 Å². The van der Waals surface area contributed by atoms with Crippen LogP contribution >= 0.6 is 11.3 Å². The third-order valence-electron chi connectivity index (χ3n) is 9.78. The number of alkyl halides is 6. The second-order valence-electron chi connectivity index (χ2n) is 14.1. The predicted octanol–water partition coefficient (Wildman–Crippen LogP) is 10.4. The average molecular weight is 864 g/mol. The first-order valence-corrected chi connectivity index (χ1v) is 20.7. The monoisotopic (exact) mass is 863 g/mol. The Bertz CT molecular complexity index is 1670. The number of phenolic OH excluding ortho intramolecular Hbond substituents is 1. The Balaban J connectivity index is 0.000000671. The number of piperidine rings is 1. The lowest BCUT2D eigenvalue weighted by molar-refractivity contribution is -0.141. The number of halogens is 6. The first-order valence-electron chi connectivity index (χ1n) is 19.8. The summed E-state index contributed by atoms with van der Waals surface area (Å²) in [4.78, 5) is 40.3. The number of carbonyl (C=O) groups excluding carboxylic acids is 2. The molecule has 1 aliphatic heterocycles. The van der Waals surface area contributed by atoms with E-state index in [4.69, 9.17) is 15.0 Å². The van der Waals surface area contributed by atoms with Gasteiger partial charge in [0, 0.05) is 55.8 Å². The number of unbranched alkanes of at least 4 members (excludes halogenated alkanes) is 1. The van der Waals surface area contributed by atoms with Crippen molar-refractivity contribution in [3.05, 3.63) is 75.7 Å². The van der Waals surface area contributed by atoms with Gasteiger partial charge >= 0.3 is 12.4 Å². The van der Waals surface area contributed by atoms with E-state index in [1.54, 1.807) is 23.1 Å². The summed E-state index contributed by atoms with van der Waals surface area (Å²) in [6, 6.07) is 9.35. The minimum absolute atomic E-state index is 0.0177. The Labute approximate surface area is 346 Å². The van der Waals surface area contributed by atoms with E-state index in [1.165, 1.54) is 43.7 Å². The number of phenols is 1. The van der Waals surface area contributed by atoms with Crippen LogP contribution in [0.3, 0.4) is 0 Å². The maximum atomic E-state index is 13.4. The normalized spacial score (nSPS) is 15.4. The van der Waals surface area contributed by atoms with Crippen LogP contribution in [0.15, 0.2) is 54.0 Å². The molecule has 5 rings (SSSR count). The molecule has 332 valence electrons. The van der Waals surface area contributed by atoms with Crippen LogP contribution in [0.25, 0.3) is 0 Å². The lowest BCUT2D eigenvalue weighted by atomic mass is 9.83. The third-order valence-corrected chi connectivity index (χ3v) is 10.7. The number of hydrogen-bond acceptors (Lipinski definition) is 8. The maximum absolute atomic E-state index is 13.4. The molecule has 0 radical (unpaired) electrons. The summed E-state index contributed by atoms with van der Waals surface area (Å²) in [6.07, 6.45) is 2.08. The van der Waals surface area contributed by atoms with E-state index >= 15 is 0 Å². The summed E-state index contributed by atoms with van der Waals surface area (Å²) in [5.41, 5.74) is -2.44. The molecule has 0 bridgehead atoms. The van der Waals surface area contributed by atoms with Gasteiger partial charge in [0.25, 0.3) is 12.4 Å². The number of pyridine rings is 1. The predicted molar refractivity (Wildman–Crippen MR) is 215 cm³/mol. The van der Waals surface area contributed by atoms with Gasteiger partial charge in [-0.05, 0) is 56.2 Å². The van der Waals surface area contributed by atoms with E-state index in [0.29, 0.717) is 68.2 Å². The van der Waals surface area contributed by atoms with Crippen LogP contribution in [0.5, 0.6) is 11.5 Å². The molecule has 1 saturated carbocycles. The van der Waals surface area contributed by atoms with Gasteiger partial charge in [-0.15, -0.1) is 11.3 Å². The molecule has 0 spiro atoms. The molecule has 4 N–H and O–H groups in total. The zero-order valence-corrected chi connectivity index (χ0v) is 35.2. The van der Waals surface area contributed by atoms with Gasteiger partial charge in [0.1, 0.15) is 22.1 Å². The molecule has 2 aromatic heterocycles. The summed E-state index contributed by atoms with van der Waals surface area (Å²) in [6.45, 7) is 9.02. The highest BCUT2D eigenvalue weighted by atomic mass is 32.1. The molecular weight excluding hydrogens is 805 g/mol. The molecule has 3 aromatic rings. The van der Waals surface area contributed by atoms with Crippen molar-refractivity contribution in [2.75, 3.05) is 26.7 Å². The first kappa shape index (κ1) is 52.6. The van der Waals surface area contributed by atoms with Gasteiger partial charge in [-0.2, -0.15) is 26.3 Å². The van der Waals surface area contributed by atoms with Crippen LogP contribution in [-0.2, 0) is 27.5 Å². The van der Waals surface area contributed by atoms with Crippen LogP contribution in [0.1, 0.15) is 125 Å².